The molecule has 192 valence electrons. The average molecular weight is 507 g/mol. The molecule has 0 N–H and O–H groups in total. The molecule has 0 bridgehead atoms. The van der Waals surface area contributed by atoms with Crippen molar-refractivity contribution >= 4 is 11.8 Å². The van der Waals surface area contributed by atoms with Crippen LogP contribution in [0.4, 0.5) is 4.39 Å². The summed E-state index contributed by atoms with van der Waals surface area (Å²) in [6, 6.07) is 12.6. The highest BCUT2D eigenvalue weighted by Gasteiger charge is 2.21. The van der Waals surface area contributed by atoms with E-state index in [4.69, 9.17) is 18.7 Å². The summed E-state index contributed by atoms with van der Waals surface area (Å²) in [6.07, 6.45) is 0. The highest BCUT2D eigenvalue weighted by atomic mass is 19.1. The molecule has 0 fully saturated rings. The third-order valence-electron chi connectivity index (χ3n) is 6.11. The largest absolute Gasteiger partial charge is 0.493 e. The fraction of sp³-hybridized carbons (Fsp3) is 0.250. The number of rotatable bonds is 9. The van der Waals surface area contributed by atoms with E-state index < -0.39 is 24.2 Å². The molecule has 2 heterocycles. The van der Waals surface area contributed by atoms with Gasteiger partial charge in [-0.3, -0.25) is 4.79 Å². The first kappa shape index (κ1) is 25.7. The maximum Gasteiger partial charge on any atom is 0.338 e. The van der Waals surface area contributed by atoms with Crippen LogP contribution in [0.2, 0.25) is 0 Å². The quantitative estimate of drug-likeness (QED) is 0.220. The van der Waals surface area contributed by atoms with Gasteiger partial charge in [-0.1, -0.05) is 17.3 Å². The molecule has 0 spiro atoms. The Morgan fingerprint density at radius 2 is 1.78 bits per heavy atom. The van der Waals surface area contributed by atoms with Crippen molar-refractivity contribution in [2.75, 3.05) is 13.7 Å². The third kappa shape index (κ3) is 5.25. The van der Waals surface area contributed by atoms with Crippen LogP contribution in [0.5, 0.6) is 11.5 Å². The normalized spacial score (nSPS) is 10.9. The lowest BCUT2D eigenvalue weighted by molar-refractivity contribution is 0.0474. The van der Waals surface area contributed by atoms with Crippen LogP contribution in [0, 0.1) is 33.5 Å². The van der Waals surface area contributed by atoms with Gasteiger partial charge in [0.05, 0.1) is 29.6 Å². The molecule has 2 aromatic heterocycles. The van der Waals surface area contributed by atoms with Crippen molar-refractivity contribution in [3.8, 4) is 17.2 Å². The molecule has 37 heavy (non-hydrogen) atoms. The molecule has 0 aliphatic heterocycles. The summed E-state index contributed by atoms with van der Waals surface area (Å²) in [4.78, 5) is 25.5. The van der Waals surface area contributed by atoms with Gasteiger partial charge < -0.3 is 23.3 Å². The standard InChI is InChI=1S/C28H27FN2O6/c1-16-12-21(18(3)31(16)24-9-7-6-8-23(24)29)25(32)15-36-28(33)20-10-11-26(27(13-20)34-5)35-14-22-17(2)30-37-19(22)4/h6-13H,14-15H2,1-5H3. The Labute approximate surface area is 213 Å². The number of halogens is 1. The maximum absolute atomic E-state index is 14.3. The molecule has 0 saturated heterocycles. The predicted molar refractivity (Wildman–Crippen MR) is 133 cm³/mol. The number of esters is 1. The van der Waals surface area contributed by atoms with Crippen LogP contribution in [0.1, 0.15) is 49.1 Å². The topological polar surface area (TPSA) is 92.8 Å². The summed E-state index contributed by atoms with van der Waals surface area (Å²) in [5, 5.41) is 3.90. The number of hydrogen-bond donors (Lipinski definition) is 0. The number of methoxy groups -OCH3 is 1. The highest BCUT2D eigenvalue weighted by Crippen LogP contribution is 2.30. The Balaban J connectivity index is 1.44. The Morgan fingerprint density at radius 1 is 1.03 bits per heavy atom. The van der Waals surface area contributed by atoms with Crippen molar-refractivity contribution in [2.24, 2.45) is 0 Å². The minimum absolute atomic E-state index is 0.200. The molecule has 2 aromatic carbocycles. The van der Waals surface area contributed by atoms with Crippen LogP contribution < -0.4 is 9.47 Å². The molecule has 9 heteroatoms. The fourth-order valence-electron chi connectivity index (χ4n) is 4.11. The van der Waals surface area contributed by atoms with E-state index in [-0.39, 0.29) is 12.2 Å². The Morgan fingerprint density at radius 3 is 2.46 bits per heavy atom. The van der Waals surface area contributed by atoms with E-state index in [0.717, 1.165) is 11.3 Å². The van der Waals surface area contributed by atoms with Gasteiger partial charge in [0, 0.05) is 17.0 Å². The van der Waals surface area contributed by atoms with Crippen molar-refractivity contribution in [1.82, 2.24) is 9.72 Å². The molecule has 0 radical (unpaired) electrons. The number of para-hydroxylation sites is 1. The molecule has 0 aliphatic rings. The van der Waals surface area contributed by atoms with E-state index in [0.29, 0.717) is 39.9 Å². The van der Waals surface area contributed by atoms with Crippen LogP contribution in [0.3, 0.4) is 0 Å². The smallest absolute Gasteiger partial charge is 0.338 e. The number of aromatic nitrogens is 2. The minimum atomic E-state index is -0.688. The van der Waals surface area contributed by atoms with Crippen LogP contribution >= 0.6 is 0 Å². The molecule has 0 saturated carbocycles. The molecule has 0 unspecified atom stereocenters. The lowest BCUT2D eigenvalue weighted by atomic mass is 10.1. The Bertz CT molecular complexity index is 1450. The second kappa shape index (κ2) is 10.7. The zero-order valence-electron chi connectivity index (χ0n) is 21.3. The number of benzene rings is 2. The summed E-state index contributed by atoms with van der Waals surface area (Å²) in [6.45, 7) is 6.89. The van der Waals surface area contributed by atoms with Crippen LogP contribution in [0.15, 0.2) is 53.1 Å². The fourth-order valence-corrected chi connectivity index (χ4v) is 4.11. The van der Waals surface area contributed by atoms with E-state index in [1.807, 2.05) is 6.92 Å². The van der Waals surface area contributed by atoms with Crippen LogP contribution in [-0.2, 0) is 11.3 Å². The highest BCUT2D eigenvalue weighted by molar-refractivity contribution is 6.00. The van der Waals surface area contributed by atoms with Crippen molar-refractivity contribution < 1.29 is 32.7 Å². The van der Waals surface area contributed by atoms with Gasteiger partial charge >= 0.3 is 5.97 Å². The van der Waals surface area contributed by atoms with E-state index in [9.17, 15) is 14.0 Å². The van der Waals surface area contributed by atoms with E-state index in [2.05, 4.69) is 5.16 Å². The Hall–Kier alpha value is -4.40. The number of hydrogen-bond acceptors (Lipinski definition) is 7. The van der Waals surface area contributed by atoms with Crippen LogP contribution in [-0.4, -0.2) is 35.2 Å². The van der Waals surface area contributed by atoms with Gasteiger partial charge in [0.2, 0.25) is 5.78 Å². The second-order valence-corrected chi connectivity index (χ2v) is 8.53. The average Bonchev–Trinajstić information content (AvgIpc) is 3.37. The van der Waals surface area contributed by atoms with Gasteiger partial charge in [-0.2, -0.15) is 0 Å². The lowest BCUT2D eigenvalue weighted by Gasteiger charge is -2.12. The number of nitrogens with zero attached hydrogens (tertiary/aromatic N) is 2. The first-order valence-electron chi connectivity index (χ1n) is 11.6. The molecule has 4 rings (SSSR count). The third-order valence-corrected chi connectivity index (χ3v) is 6.11. The number of ketones is 1. The summed E-state index contributed by atoms with van der Waals surface area (Å²) >= 11 is 0. The number of carbonyl (C=O) groups excluding carboxylic acids is 2. The van der Waals surface area contributed by atoms with Gasteiger partial charge in [-0.15, -0.1) is 0 Å². The number of ether oxygens (including phenoxy) is 3. The molecule has 0 atom stereocenters. The number of carbonyl (C=O) groups is 2. The molecular formula is C28H27FN2O6. The summed E-state index contributed by atoms with van der Waals surface area (Å²) in [5.41, 5.74) is 3.71. The van der Waals surface area contributed by atoms with Gasteiger partial charge in [-0.05, 0) is 64.1 Å². The second-order valence-electron chi connectivity index (χ2n) is 8.53. The number of aryl methyl sites for hydroxylation is 3. The lowest BCUT2D eigenvalue weighted by Crippen LogP contribution is -2.15. The van der Waals surface area contributed by atoms with Crippen LogP contribution in [0.25, 0.3) is 5.69 Å². The monoisotopic (exact) mass is 506 g/mol. The van der Waals surface area contributed by atoms with Gasteiger partial charge in [0.15, 0.2) is 18.1 Å². The van der Waals surface area contributed by atoms with Gasteiger partial charge in [0.1, 0.15) is 18.2 Å². The van der Waals surface area contributed by atoms with Crippen molar-refractivity contribution in [3.05, 3.63) is 93.9 Å². The first-order valence-corrected chi connectivity index (χ1v) is 11.6. The van der Waals surface area contributed by atoms with E-state index >= 15 is 0 Å². The van der Waals surface area contributed by atoms with E-state index in [1.54, 1.807) is 55.7 Å². The summed E-state index contributed by atoms with van der Waals surface area (Å²) in [5.74, 6) is -0.0576. The molecule has 0 amide bonds. The minimum Gasteiger partial charge on any atom is -0.493 e. The zero-order valence-corrected chi connectivity index (χ0v) is 21.3. The SMILES string of the molecule is COc1cc(C(=O)OCC(=O)c2cc(C)n(-c3ccccc3F)c2C)ccc1OCc1c(C)noc1C. The van der Waals surface area contributed by atoms with E-state index in [1.165, 1.54) is 25.3 Å². The summed E-state index contributed by atoms with van der Waals surface area (Å²) < 4.78 is 37.6. The summed E-state index contributed by atoms with van der Waals surface area (Å²) in [7, 11) is 1.46. The molecule has 8 nitrogen and oxygen atoms in total. The van der Waals surface area contributed by atoms with Gasteiger partial charge in [-0.25, -0.2) is 9.18 Å². The van der Waals surface area contributed by atoms with Crippen molar-refractivity contribution in [2.45, 2.75) is 34.3 Å². The van der Waals surface area contributed by atoms with Gasteiger partial charge in [0.25, 0.3) is 0 Å². The predicted octanol–water partition coefficient (Wildman–Crippen LogP) is 5.47. The zero-order chi connectivity index (χ0) is 26.7. The van der Waals surface area contributed by atoms with Crippen molar-refractivity contribution in [1.29, 1.82) is 0 Å². The Kier molecular flexibility index (Phi) is 7.42. The number of Topliss-reactive ketones (excluding diaryl/α,β-unsaturated/α-hetero) is 1. The first-order chi connectivity index (χ1) is 17.7. The molecule has 0 aliphatic carbocycles. The molecule has 4 aromatic rings. The van der Waals surface area contributed by atoms with Crippen molar-refractivity contribution in [3.63, 3.8) is 0 Å². The maximum atomic E-state index is 14.3. The molecular weight excluding hydrogens is 479 g/mol.